The number of amides is 4. The van der Waals surface area contributed by atoms with Gasteiger partial charge in [0.25, 0.3) is 17.7 Å². The fourth-order valence-corrected chi connectivity index (χ4v) is 3.81. The molecule has 2 aliphatic rings. The first-order chi connectivity index (χ1) is 14.3. The summed E-state index contributed by atoms with van der Waals surface area (Å²) in [5.41, 5.74) is 7.56. The van der Waals surface area contributed by atoms with E-state index in [0.717, 1.165) is 12.8 Å². The molecule has 1 fully saturated rings. The molecule has 4 amide bonds. The van der Waals surface area contributed by atoms with Gasteiger partial charge in [-0.25, -0.2) is 0 Å². The third kappa shape index (κ3) is 3.57. The third-order valence-electron chi connectivity index (χ3n) is 5.39. The van der Waals surface area contributed by atoms with Crippen molar-refractivity contribution in [2.45, 2.75) is 25.9 Å². The first-order valence-corrected chi connectivity index (χ1v) is 9.69. The van der Waals surface area contributed by atoms with E-state index >= 15 is 0 Å². The second-order valence-corrected chi connectivity index (χ2v) is 7.46. The van der Waals surface area contributed by atoms with Gasteiger partial charge in [0.1, 0.15) is 0 Å². The van der Waals surface area contributed by atoms with Gasteiger partial charge < -0.3 is 15.8 Å². The number of rotatable bonds is 5. The lowest BCUT2D eigenvalue weighted by molar-refractivity contribution is 0.0475. The highest BCUT2D eigenvalue weighted by Crippen LogP contribution is 2.26. The summed E-state index contributed by atoms with van der Waals surface area (Å²) >= 11 is 0. The number of benzene rings is 2. The lowest BCUT2D eigenvalue weighted by Crippen LogP contribution is -2.36. The Morgan fingerprint density at radius 2 is 1.90 bits per heavy atom. The molecule has 2 aromatic rings. The third-order valence-corrected chi connectivity index (χ3v) is 5.39. The lowest BCUT2D eigenvalue weighted by Gasteiger charge is -2.17. The molecule has 8 heteroatoms. The summed E-state index contributed by atoms with van der Waals surface area (Å²) in [5.74, 6) is -1.75. The number of primary amides is 1. The molecule has 0 aliphatic carbocycles. The summed E-state index contributed by atoms with van der Waals surface area (Å²) < 4.78 is 5.53. The van der Waals surface area contributed by atoms with Crippen LogP contribution in [0.25, 0.3) is 0 Å². The Morgan fingerprint density at radius 1 is 1.13 bits per heavy atom. The molecule has 154 valence electrons. The van der Waals surface area contributed by atoms with Gasteiger partial charge in [0.15, 0.2) is 0 Å². The van der Waals surface area contributed by atoms with Gasteiger partial charge in [-0.1, -0.05) is 0 Å². The summed E-state index contributed by atoms with van der Waals surface area (Å²) in [5, 5.41) is 2.73. The SMILES string of the molecule is Cc1cc(NC(=O)c2ccc3c(c2)C(=O)N(CC2CCCO2)C3=O)ccc1C(N)=O. The Kier molecular flexibility index (Phi) is 5.09. The van der Waals surface area contributed by atoms with Gasteiger partial charge >= 0.3 is 0 Å². The van der Waals surface area contributed by atoms with E-state index in [1.54, 1.807) is 25.1 Å². The first-order valence-electron chi connectivity index (χ1n) is 9.69. The number of nitrogens with zero attached hydrogens (tertiary/aromatic N) is 1. The second kappa shape index (κ2) is 7.72. The minimum atomic E-state index is -0.542. The molecule has 1 unspecified atom stereocenters. The number of nitrogens with two attached hydrogens (primary N) is 1. The van der Waals surface area contributed by atoms with Gasteiger partial charge in [0.2, 0.25) is 5.91 Å². The average Bonchev–Trinajstić information content (AvgIpc) is 3.30. The molecule has 0 radical (unpaired) electrons. The predicted molar refractivity (Wildman–Crippen MR) is 108 cm³/mol. The molecule has 4 rings (SSSR count). The molecule has 2 aromatic carbocycles. The van der Waals surface area contributed by atoms with E-state index in [1.165, 1.54) is 23.1 Å². The van der Waals surface area contributed by atoms with Crippen molar-refractivity contribution in [3.8, 4) is 0 Å². The Labute approximate surface area is 173 Å². The van der Waals surface area contributed by atoms with Crippen LogP contribution < -0.4 is 11.1 Å². The van der Waals surface area contributed by atoms with E-state index in [1.807, 2.05) is 0 Å². The molecule has 30 heavy (non-hydrogen) atoms. The largest absolute Gasteiger partial charge is 0.376 e. The van der Waals surface area contributed by atoms with E-state index in [4.69, 9.17) is 10.5 Å². The van der Waals surface area contributed by atoms with Crippen LogP contribution in [-0.4, -0.2) is 47.8 Å². The van der Waals surface area contributed by atoms with Gasteiger partial charge in [-0.3, -0.25) is 24.1 Å². The number of carbonyl (C=O) groups is 4. The number of ether oxygens (including phenoxy) is 1. The number of imide groups is 1. The van der Waals surface area contributed by atoms with Crippen LogP contribution >= 0.6 is 0 Å². The molecule has 0 bridgehead atoms. The topological polar surface area (TPSA) is 119 Å². The smallest absolute Gasteiger partial charge is 0.261 e. The van der Waals surface area contributed by atoms with Gasteiger partial charge in [0, 0.05) is 23.4 Å². The lowest BCUT2D eigenvalue weighted by atomic mass is 10.0. The van der Waals surface area contributed by atoms with Crippen molar-refractivity contribution in [3.63, 3.8) is 0 Å². The predicted octanol–water partition coefficient (Wildman–Crippen LogP) is 2.12. The summed E-state index contributed by atoms with van der Waals surface area (Å²) in [6.07, 6.45) is 1.59. The molecular weight excluding hydrogens is 386 g/mol. The molecule has 1 saturated heterocycles. The Hall–Kier alpha value is -3.52. The van der Waals surface area contributed by atoms with Gasteiger partial charge in [0.05, 0.1) is 23.8 Å². The molecule has 0 spiro atoms. The molecule has 2 aliphatic heterocycles. The maximum absolute atomic E-state index is 12.7. The zero-order chi connectivity index (χ0) is 21.4. The summed E-state index contributed by atoms with van der Waals surface area (Å²) in [6, 6.07) is 9.22. The van der Waals surface area contributed by atoms with Crippen LogP contribution in [0.4, 0.5) is 5.69 Å². The Morgan fingerprint density at radius 3 is 2.57 bits per heavy atom. The van der Waals surface area contributed by atoms with Crippen molar-refractivity contribution in [1.29, 1.82) is 0 Å². The molecule has 3 N–H and O–H groups in total. The maximum Gasteiger partial charge on any atom is 0.261 e. The molecular formula is C22H21N3O5. The van der Waals surface area contributed by atoms with Gasteiger partial charge in [-0.15, -0.1) is 0 Å². The van der Waals surface area contributed by atoms with Crippen LogP contribution in [0.2, 0.25) is 0 Å². The van der Waals surface area contributed by atoms with Crippen LogP contribution in [0.5, 0.6) is 0 Å². The van der Waals surface area contributed by atoms with Gasteiger partial charge in [-0.2, -0.15) is 0 Å². The number of carbonyl (C=O) groups excluding carboxylic acids is 4. The van der Waals surface area contributed by atoms with Crippen molar-refractivity contribution >= 4 is 29.3 Å². The van der Waals surface area contributed by atoms with E-state index in [-0.39, 0.29) is 35.2 Å². The summed E-state index contributed by atoms with van der Waals surface area (Å²) in [6.45, 7) is 2.58. The molecule has 0 aromatic heterocycles. The van der Waals surface area contributed by atoms with Crippen LogP contribution in [0.15, 0.2) is 36.4 Å². The standard InChI is InChI=1S/C22H21N3O5/c1-12-9-14(5-7-16(12)19(23)26)24-20(27)13-4-6-17-18(10-13)22(29)25(21(17)28)11-15-3-2-8-30-15/h4-7,9-10,15H,2-3,8,11H2,1H3,(H2,23,26)(H,24,27). The van der Waals surface area contributed by atoms with E-state index in [2.05, 4.69) is 5.32 Å². The first kappa shape index (κ1) is 19.8. The highest BCUT2D eigenvalue weighted by Gasteiger charge is 2.37. The fourth-order valence-electron chi connectivity index (χ4n) is 3.81. The van der Waals surface area contributed by atoms with Crippen LogP contribution in [-0.2, 0) is 4.74 Å². The minimum Gasteiger partial charge on any atom is -0.376 e. The van der Waals surface area contributed by atoms with E-state index in [0.29, 0.717) is 23.4 Å². The number of fused-ring (bicyclic) bond motifs is 1. The van der Waals surface area contributed by atoms with Crippen molar-refractivity contribution in [2.75, 3.05) is 18.5 Å². The van der Waals surface area contributed by atoms with E-state index < -0.39 is 17.7 Å². The zero-order valence-electron chi connectivity index (χ0n) is 16.4. The normalized spacial score (nSPS) is 17.9. The van der Waals surface area contributed by atoms with E-state index in [9.17, 15) is 19.2 Å². The Bertz CT molecular complexity index is 1070. The van der Waals surface area contributed by atoms with Crippen molar-refractivity contribution < 1.29 is 23.9 Å². The maximum atomic E-state index is 12.7. The second-order valence-electron chi connectivity index (χ2n) is 7.46. The van der Waals surface area contributed by atoms with Crippen LogP contribution in [0, 0.1) is 6.92 Å². The van der Waals surface area contributed by atoms with Crippen LogP contribution in [0.3, 0.4) is 0 Å². The van der Waals surface area contributed by atoms with Crippen molar-refractivity contribution in [2.24, 2.45) is 5.73 Å². The molecule has 8 nitrogen and oxygen atoms in total. The fraction of sp³-hybridized carbons (Fsp3) is 0.273. The monoisotopic (exact) mass is 407 g/mol. The molecule has 0 saturated carbocycles. The number of aryl methyl sites for hydroxylation is 1. The number of nitrogens with one attached hydrogen (secondary N) is 1. The summed E-state index contributed by atoms with van der Waals surface area (Å²) in [4.78, 5) is 50.5. The summed E-state index contributed by atoms with van der Waals surface area (Å²) in [7, 11) is 0. The Balaban J connectivity index is 1.52. The van der Waals surface area contributed by atoms with Crippen molar-refractivity contribution in [3.05, 3.63) is 64.2 Å². The number of hydrogen-bond acceptors (Lipinski definition) is 5. The minimum absolute atomic E-state index is 0.137. The molecule has 2 heterocycles. The molecule has 1 atom stereocenters. The van der Waals surface area contributed by atoms with Gasteiger partial charge in [-0.05, 0) is 61.7 Å². The number of anilines is 1. The van der Waals surface area contributed by atoms with Crippen LogP contribution in [0.1, 0.15) is 59.8 Å². The number of hydrogen-bond donors (Lipinski definition) is 2. The quantitative estimate of drug-likeness (QED) is 0.736. The average molecular weight is 407 g/mol. The highest BCUT2D eigenvalue weighted by atomic mass is 16.5. The zero-order valence-corrected chi connectivity index (χ0v) is 16.4. The van der Waals surface area contributed by atoms with Crippen molar-refractivity contribution in [1.82, 2.24) is 4.90 Å². The highest BCUT2D eigenvalue weighted by molar-refractivity contribution is 6.22.